The molecular weight excluding hydrogens is 268 g/mol. The minimum absolute atomic E-state index is 0.156. The van der Waals surface area contributed by atoms with Crippen molar-refractivity contribution in [2.75, 3.05) is 19.8 Å². The molecule has 1 rings (SSSR count). The second-order valence-electron chi connectivity index (χ2n) is 4.74. The third-order valence-electron chi connectivity index (χ3n) is 2.83. The topological polar surface area (TPSA) is 125 Å². The van der Waals surface area contributed by atoms with Gasteiger partial charge in [-0.1, -0.05) is 0 Å². The minimum Gasteiger partial charge on any atom is -0.481 e. The summed E-state index contributed by atoms with van der Waals surface area (Å²) in [4.78, 5) is 32.6. The van der Waals surface area contributed by atoms with Gasteiger partial charge in [-0.2, -0.15) is 0 Å². The molecule has 0 heterocycles. The molecule has 0 radical (unpaired) electrons. The number of rotatable bonds is 10. The molecule has 4 N–H and O–H groups in total. The fraction of sp³-hybridized carbons (Fsp3) is 0.750. The van der Waals surface area contributed by atoms with Gasteiger partial charge in [0.2, 0.25) is 0 Å². The van der Waals surface area contributed by atoms with E-state index in [0.717, 1.165) is 0 Å². The maximum absolute atomic E-state index is 11.4. The number of urea groups is 1. The minimum atomic E-state index is -1.26. The molecule has 1 aliphatic rings. The lowest BCUT2D eigenvalue weighted by Gasteiger charge is -2.14. The number of carboxylic acids is 2. The van der Waals surface area contributed by atoms with Gasteiger partial charge < -0.3 is 25.6 Å². The summed E-state index contributed by atoms with van der Waals surface area (Å²) in [7, 11) is 0. The number of carbonyl (C=O) groups excluding carboxylic acids is 1. The van der Waals surface area contributed by atoms with Gasteiger partial charge in [0.25, 0.3) is 0 Å². The monoisotopic (exact) mass is 288 g/mol. The predicted molar refractivity (Wildman–Crippen MR) is 68.4 cm³/mol. The van der Waals surface area contributed by atoms with E-state index < -0.39 is 24.0 Å². The van der Waals surface area contributed by atoms with Crippen LogP contribution < -0.4 is 10.6 Å². The number of ether oxygens (including phenoxy) is 1. The Balaban J connectivity index is 2.12. The highest BCUT2D eigenvalue weighted by Gasteiger charge is 2.22. The van der Waals surface area contributed by atoms with Crippen LogP contribution in [-0.2, 0) is 14.3 Å². The summed E-state index contributed by atoms with van der Waals surface area (Å²) in [6, 6.07) is -1.85. The van der Waals surface area contributed by atoms with Crippen molar-refractivity contribution in [3.63, 3.8) is 0 Å². The molecule has 1 saturated carbocycles. The van der Waals surface area contributed by atoms with Crippen LogP contribution in [0.1, 0.15) is 25.7 Å². The first kappa shape index (κ1) is 16.2. The summed E-state index contributed by atoms with van der Waals surface area (Å²) in [5.74, 6) is -1.71. The molecule has 8 heteroatoms. The van der Waals surface area contributed by atoms with Gasteiger partial charge in [-0.25, -0.2) is 9.59 Å². The van der Waals surface area contributed by atoms with Crippen molar-refractivity contribution in [3.05, 3.63) is 0 Å². The summed E-state index contributed by atoms with van der Waals surface area (Å²) < 4.78 is 5.30. The van der Waals surface area contributed by atoms with Crippen molar-refractivity contribution in [3.8, 4) is 0 Å². The van der Waals surface area contributed by atoms with Crippen molar-refractivity contribution >= 4 is 18.0 Å². The number of amides is 2. The third-order valence-corrected chi connectivity index (χ3v) is 2.83. The standard InChI is InChI=1S/C12H20N2O6/c15-10(16)4-3-9(11(17)18)14-12(19)13-5-6-20-7-8-1-2-8/h8-9H,1-7H2,(H,15,16)(H,17,18)(H2,13,14,19)/t9-/m0/s1. The van der Waals surface area contributed by atoms with Gasteiger partial charge in [0, 0.05) is 19.6 Å². The molecular formula is C12H20N2O6. The Morgan fingerprint density at radius 2 is 1.95 bits per heavy atom. The lowest BCUT2D eigenvalue weighted by Crippen LogP contribution is -2.46. The van der Waals surface area contributed by atoms with Crippen LogP contribution in [0.5, 0.6) is 0 Å². The lowest BCUT2D eigenvalue weighted by atomic mass is 10.1. The van der Waals surface area contributed by atoms with E-state index in [-0.39, 0.29) is 19.4 Å². The van der Waals surface area contributed by atoms with E-state index in [9.17, 15) is 14.4 Å². The Bertz CT molecular complexity index is 356. The van der Waals surface area contributed by atoms with Gasteiger partial charge in [-0.3, -0.25) is 4.79 Å². The predicted octanol–water partition coefficient (Wildman–Crippen LogP) is 0.0302. The smallest absolute Gasteiger partial charge is 0.326 e. The first-order valence-corrected chi connectivity index (χ1v) is 6.55. The maximum Gasteiger partial charge on any atom is 0.326 e. The Labute approximate surface area is 116 Å². The van der Waals surface area contributed by atoms with Crippen molar-refractivity contribution in [2.24, 2.45) is 5.92 Å². The zero-order valence-corrected chi connectivity index (χ0v) is 11.1. The Morgan fingerprint density at radius 3 is 2.50 bits per heavy atom. The number of carbonyl (C=O) groups is 3. The van der Waals surface area contributed by atoms with Crippen LogP contribution in [0.3, 0.4) is 0 Å². The van der Waals surface area contributed by atoms with E-state index in [1.165, 1.54) is 12.8 Å². The molecule has 20 heavy (non-hydrogen) atoms. The second-order valence-corrected chi connectivity index (χ2v) is 4.74. The van der Waals surface area contributed by atoms with Gasteiger partial charge in [0.15, 0.2) is 0 Å². The summed E-state index contributed by atoms with van der Waals surface area (Å²) in [6.07, 6.45) is 1.91. The van der Waals surface area contributed by atoms with Crippen LogP contribution in [0, 0.1) is 5.92 Å². The molecule has 0 aromatic heterocycles. The summed E-state index contributed by atoms with van der Waals surface area (Å²) in [6.45, 7) is 1.35. The molecule has 2 amide bonds. The number of hydrogen-bond donors (Lipinski definition) is 4. The van der Waals surface area contributed by atoms with E-state index in [1.54, 1.807) is 0 Å². The molecule has 0 unspecified atom stereocenters. The third kappa shape index (κ3) is 7.57. The van der Waals surface area contributed by atoms with Crippen molar-refractivity contribution < 1.29 is 29.3 Å². The highest BCUT2D eigenvalue weighted by Crippen LogP contribution is 2.28. The van der Waals surface area contributed by atoms with Crippen LogP contribution in [-0.4, -0.2) is 54.0 Å². The zero-order chi connectivity index (χ0) is 15.0. The first-order chi connectivity index (χ1) is 9.49. The highest BCUT2D eigenvalue weighted by atomic mass is 16.5. The average molecular weight is 288 g/mol. The molecule has 1 atom stereocenters. The molecule has 1 fully saturated rings. The average Bonchev–Trinajstić information content (AvgIpc) is 3.17. The van der Waals surface area contributed by atoms with Gasteiger partial charge in [-0.05, 0) is 25.2 Å². The molecule has 0 aliphatic heterocycles. The lowest BCUT2D eigenvalue weighted by molar-refractivity contribution is -0.140. The fourth-order valence-corrected chi connectivity index (χ4v) is 1.51. The number of nitrogens with one attached hydrogen (secondary N) is 2. The highest BCUT2D eigenvalue weighted by molar-refractivity contribution is 5.82. The largest absolute Gasteiger partial charge is 0.481 e. The van der Waals surface area contributed by atoms with E-state index in [0.29, 0.717) is 19.1 Å². The second kappa shape index (κ2) is 8.36. The number of carboxylic acid groups (broad SMARTS) is 2. The molecule has 1 aliphatic carbocycles. The summed E-state index contributed by atoms with van der Waals surface area (Å²) >= 11 is 0. The molecule has 114 valence electrons. The summed E-state index contributed by atoms with van der Waals surface area (Å²) in [5.41, 5.74) is 0. The Kier molecular flexibility index (Phi) is 6.78. The Morgan fingerprint density at radius 1 is 1.25 bits per heavy atom. The molecule has 8 nitrogen and oxygen atoms in total. The molecule has 0 bridgehead atoms. The van der Waals surface area contributed by atoms with Crippen LogP contribution in [0.15, 0.2) is 0 Å². The van der Waals surface area contributed by atoms with Crippen LogP contribution >= 0.6 is 0 Å². The van der Waals surface area contributed by atoms with Crippen LogP contribution in [0.2, 0.25) is 0 Å². The van der Waals surface area contributed by atoms with E-state index in [4.69, 9.17) is 14.9 Å². The van der Waals surface area contributed by atoms with Gasteiger partial charge in [0.1, 0.15) is 6.04 Å². The SMILES string of the molecule is O=C(O)CC[C@H](NC(=O)NCCOCC1CC1)C(=O)O. The van der Waals surface area contributed by atoms with E-state index >= 15 is 0 Å². The van der Waals surface area contributed by atoms with Gasteiger partial charge >= 0.3 is 18.0 Å². The number of hydrogen-bond acceptors (Lipinski definition) is 4. The molecule has 0 saturated heterocycles. The molecule has 0 spiro atoms. The van der Waals surface area contributed by atoms with Crippen molar-refractivity contribution in [2.45, 2.75) is 31.7 Å². The molecule has 0 aromatic rings. The van der Waals surface area contributed by atoms with E-state index in [2.05, 4.69) is 10.6 Å². The zero-order valence-electron chi connectivity index (χ0n) is 11.1. The normalized spacial score (nSPS) is 15.4. The Hall–Kier alpha value is -1.83. The van der Waals surface area contributed by atoms with Gasteiger partial charge in [-0.15, -0.1) is 0 Å². The number of aliphatic carboxylic acids is 2. The van der Waals surface area contributed by atoms with E-state index in [1.807, 2.05) is 0 Å². The molecule has 0 aromatic carbocycles. The van der Waals surface area contributed by atoms with Crippen molar-refractivity contribution in [1.82, 2.24) is 10.6 Å². The summed E-state index contributed by atoms with van der Waals surface area (Å²) in [5, 5.41) is 22.0. The fourth-order valence-electron chi connectivity index (χ4n) is 1.51. The van der Waals surface area contributed by atoms with Crippen LogP contribution in [0.4, 0.5) is 4.79 Å². The van der Waals surface area contributed by atoms with Crippen molar-refractivity contribution in [1.29, 1.82) is 0 Å². The first-order valence-electron chi connectivity index (χ1n) is 6.55. The quantitative estimate of drug-likeness (QED) is 0.420. The maximum atomic E-state index is 11.4. The van der Waals surface area contributed by atoms with Crippen LogP contribution in [0.25, 0.3) is 0 Å². The van der Waals surface area contributed by atoms with Gasteiger partial charge in [0.05, 0.1) is 6.61 Å².